The van der Waals surface area contributed by atoms with E-state index in [0.717, 1.165) is 44.7 Å². The Morgan fingerprint density at radius 2 is 1.83 bits per heavy atom. The number of hydrogen-bond donors (Lipinski definition) is 1. The van der Waals surface area contributed by atoms with Crippen molar-refractivity contribution < 1.29 is 0 Å². The Morgan fingerprint density at radius 3 is 2.57 bits per heavy atom. The fourth-order valence-electron chi connectivity index (χ4n) is 3.60. The molecule has 0 bridgehead atoms. The minimum Gasteiger partial charge on any atom is -0.340 e. The van der Waals surface area contributed by atoms with Crippen LogP contribution in [-0.2, 0) is 7.05 Å². The highest BCUT2D eigenvalue weighted by atomic mass is 16.1. The van der Waals surface area contributed by atoms with Crippen molar-refractivity contribution in [3.63, 3.8) is 0 Å². The van der Waals surface area contributed by atoms with Gasteiger partial charge in [-0.1, -0.05) is 30.3 Å². The van der Waals surface area contributed by atoms with Gasteiger partial charge in [0.15, 0.2) is 0 Å². The summed E-state index contributed by atoms with van der Waals surface area (Å²) in [6.07, 6.45) is 1.85. The molecule has 0 aliphatic rings. The number of benzene rings is 2. The number of nitrogens with one attached hydrogen (secondary N) is 1. The van der Waals surface area contributed by atoms with Gasteiger partial charge in [-0.2, -0.15) is 0 Å². The number of rotatable bonds is 4. The van der Waals surface area contributed by atoms with Crippen LogP contribution in [0, 0.1) is 20.8 Å². The number of nitrogens with zero attached hydrogens (tertiary/aromatic N) is 3. The Hall–Kier alpha value is -3.73. The molecule has 0 atom stereocenters. The molecule has 0 saturated heterocycles. The van der Waals surface area contributed by atoms with E-state index < -0.39 is 0 Å². The molecule has 2 aromatic carbocycles. The van der Waals surface area contributed by atoms with Crippen LogP contribution in [-0.4, -0.2) is 14.5 Å². The Bertz CT molecular complexity index is 1350. The summed E-state index contributed by atoms with van der Waals surface area (Å²) in [4.78, 5) is 21.1. The van der Waals surface area contributed by atoms with E-state index in [9.17, 15) is 4.79 Å². The number of anilines is 1. The second-order valence-corrected chi connectivity index (χ2v) is 7.64. The molecular weight excluding hydrogens is 372 g/mol. The van der Waals surface area contributed by atoms with Gasteiger partial charge in [0.25, 0.3) is 0 Å². The van der Waals surface area contributed by atoms with Gasteiger partial charge in [0.05, 0.1) is 5.52 Å². The quantitative estimate of drug-likeness (QED) is 0.527. The van der Waals surface area contributed by atoms with E-state index in [2.05, 4.69) is 60.0 Å². The maximum atomic E-state index is 11.8. The Labute approximate surface area is 175 Å². The maximum Gasteiger partial charge on any atom is 0.250 e. The van der Waals surface area contributed by atoms with E-state index in [4.69, 9.17) is 0 Å². The Morgan fingerprint density at radius 1 is 1.03 bits per heavy atom. The molecule has 0 saturated carbocycles. The molecule has 0 spiro atoms. The predicted octanol–water partition coefficient (Wildman–Crippen LogP) is 5.00. The number of aromatic nitrogens is 3. The lowest BCUT2D eigenvalue weighted by molar-refractivity contribution is 0.862. The van der Waals surface area contributed by atoms with E-state index in [1.807, 2.05) is 31.3 Å². The summed E-state index contributed by atoms with van der Waals surface area (Å²) in [5, 5.41) is 4.29. The fraction of sp³-hybridized carbons (Fsp3) is 0.160. The molecule has 5 nitrogen and oxygen atoms in total. The number of pyridine rings is 1. The van der Waals surface area contributed by atoms with Gasteiger partial charge in [0, 0.05) is 30.4 Å². The van der Waals surface area contributed by atoms with Crippen LogP contribution in [0.5, 0.6) is 0 Å². The minimum absolute atomic E-state index is 0.0343. The third kappa shape index (κ3) is 3.74. The molecule has 4 rings (SSSR count). The van der Waals surface area contributed by atoms with Gasteiger partial charge in [-0.05, 0) is 67.3 Å². The number of fused-ring (bicyclic) bond motifs is 1. The van der Waals surface area contributed by atoms with Crippen molar-refractivity contribution in [1.82, 2.24) is 14.5 Å². The monoisotopic (exact) mass is 396 g/mol. The summed E-state index contributed by atoms with van der Waals surface area (Å²) in [6, 6.07) is 15.8. The summed E-state index contributed by atoms with van der Waals surface area (Å²) in [7, 11) is 1.76. The van der Waals surface area contributed by atoms with E-state index in [1.165, 1.54) is 5.56 Å². The van der Waals surface area contributed by atoms with Gasteiger partial charge in [-0.3, -0.25) is 4.79 Å². The summed E-state index contributed by atoms with van der Waals surface area (Å²) in [6.45, 7) is 10.2. The number of hydrogen-bond acceptors (Lipinski definition) is 4. The first-order valence-electron chi connectivity index (χ1n) is 9.81. The topological polar surface area (TPSA) is 59.8 Å². The first-order valence-corrected chi connectivity index (χ1v) is 9.81. The molecule has 0 radical (unpaired) electrons. The van der Waals surface area contributed by atoms with Crippen LogP contribution in [0.15, 0.2) is 66.1 Å². The zero-order chi connectivity index (χ0) is 21.4. The highest BCUT2D eigenvalue weighted by Crippen LogP contribution is 2.31. The van der Waals surface area contributed by atoms with E-state index in [1.54, 1.807) is 17.7 Å². The van der Waals surface area contributed by atoms with Crippen LogP contribution in [0.1, 0.15) is 22.5 Å². The maximum absolute atomic E-state index is 11.8. The predicted molar refractivity (Wildman–Crippen MR) is 124 cm³/mol. The van der Waals surface area contributed by atoms with Crippen molar-refractivity contribution in [2.75, 3.05) is 5.32 Å². The second-order valence-electron chi connectivity index (χ2n) is 7.64. The highest BCUT2D eigenvalue weighted by molar-refractivity contribution is 5.96. The van der Waals surface area contributed by atoms with Crippen LogP contribution < -0.4 is 10.9 Å². The van der Waals surface area contributed by atoms with Crippen molar-refractivity contribution >= 4 is 22.4 Å². The normalized spacial score (nSPS) is 10.9. The molecule has 4 aromatic rings. The van der Waals surface area contributed by atoms with Crippen LogP contribution in [0.25, 0.3) is 27.7 Å². The van der Waals surface area contributed by atoms with Crippen molar-refractivity contribution in [1.29, 1.82) is 0 Å². The summed E-state index contributed by atoms with van der Waals surface area (Å²) in [5.74, 6) is 1.41. The van der Waals surface area contributed by atoms with Gasteiger partial charge in [0.2, 0.25) is 5.56 Å². The average Bonchev–Trinajstić information content (AvgIpc) is 2.69. The molecule has 5 heteroatoms. The van der Waals surface area contributed by atoms with Gasteiger partial charge < -0.3 is 9.88 Å². The molecule has 150 valence electrons. The van der Waals surface area contributed by atoms with E-state index in [0.29, 0.717) is 5.82 Å². The SMILES string of the molecule is C=C(Nc1nc(C)nc2cc(C)c(-c3ccc(=O)n(C)c3)cc12)c1cccc(C)c1. The summed E-state index contributed by atoms with van der Waals surface area (Å²) in [5.41, 5.74) is 6.90. The van der Waals surface area contributed by atoms with Gasteiger partial charge >= 0.3 is 0 Å². The average molecular weight is 396 g/mol. The lowest BCUT2D eigenvalue weighted by atomic mass is 9.99. The van der Waals surface area contributed by atoms with Gasteiger partial charge in [-0.15, -0.1) is 0 Å². The largest absolute Gasteiger partial charge is 0.340 e. The van der Waals surface area contributed by atoms with Crippen LogP contribution in [0.4, 0.5) is 5.82 Å². The van der Waals surface area contributed by atoms with Gasteiger partial charge in [-0.25, -0.2) is 9.97 Å². The molecular formula is C25H24N4O. The smallest absolute Gasteiger partial charge is 0.250 e. The molecule has 30 heavy (non-hydrogen) atoms. The van der Waals surface area contributed by atoms with Crippen molar-refractivity contribution in [3.8, 4) is 11.1 Å². The molecule has 0 aliphatic carbocycles. The first-order chi connectivity index (χ1) is 14.3. The fourth-order valence-corrected chi connectivity index (χ4v) is 3.60. The zero-order valence-corrected chi connectivity index (χ0v) is 17.7. The van der Waals surface area contributed by atoms with Crippen molar-refractivity contribution in [2.24, 2.45) is 7.05 Å². The Balaban J connectivity index is 1.84. The highest BCUT2D eigenvalue weighted by Gasteiger charge is 2.12. The standard InChI is InChI=1S/C25H24N4O/c1-15-7-6-8-19(11-15)17(3)26-25-22-13-21(20-9-10-24(30)29(5)14-20)16(2)12-23(22)27-18(4)28-25/h6-14H,3H2,1-2,4-5H3,(H,26,27,28). The molecule has 0 amide bonds. The lowest BCUT2D eigenvalue weighted by Gasteiger charge is -2.15. The minimum atomic E-state index is -0.0343. The molecule has 1 N–H and O–H groups in total. The van der Waals surface area contributed by atoms with Crippen molar-refractivity contribution in [2.45, 2.75) is 20.8 Å². The zero-order valence-electron chi connectivity index (χ0n) is 17.7. The lowest BCUT2D eigenvalue weighted by Crippen LogP contribution is -2.14. The van der Waals surface area contributed by atoms with Crippen LogP contribution in [0.3, 0.4) is 0 Å². The van der Waals surface area contributed by atoms with Crippen molar-refractivity contribution in [3.05, 3.63) is 94.2 Å². The third-order valence-corrected chi connectivity index (χ3v) is 5.19. The molecule has 2 aromatic heterocycles. The second kappa shape index (κ2) is 7.59. The molecule has 0 unspecified atom stereocenters. The third-order valence-electron chi connectivity index (χ3n) is 5.19. The first kappa shape index (κ1) is 19.6. The Kier molecular flexibility index (Phi) is 4.96. The van der Waals surface area contributed by atoms with Crippen LogP contribution >= 0.6 is 0 Å². The summed E-state index contributed by atoms with van der Waals surface area (Å²) >= 11 is 0. The molecule has 0 fully saturated rings. The molecule has 0 aliphatic heterocycles. The van der Waals surface area contributed by atoms with Crippen LogP contribution in [0.2, 0.25) is 0 Å². The van der Waals surface area contributed by atoms with E-state index in [-0.39, 0.29) is 5.56 Å². The molecule has 2 heterocycles. The van der Waals surface area contributed by atoms with Gasteiger partial charge in [0.1, 0.15) is 11.6 Å². The summed E-state index contributed by atoms with van der Waals surface area (Å²) < 4.78 is 1.59. The number of aryl methyl sites for hydroxylation is 4. The van der Waals surface area contributed by atoms with E-state index >= 15 is 0 Å².